The summed E-state index contributed by atoms with van der Waals surface area (Å²) < 4.78 is 0. The van der Waals surface area contributed by atoms with E-state index in [1.807, 2.05) is 43.3 Å². The van der Waals surface area contributed by atoms with Crippen molar-refractivity contribution in [3.63, 3.8) is 0 Å². The molecule has 1 rings (SSSR count). The number of nitrogens with one attached hydrogen (secondary N) is 2. The molecule has 3 heteroatoms. The van der Waals surface area contributed by atoms with Crippen LogP contribution in [0.3, 0.4) is 0 Å². The molecule has 0 radical (unpaired) electrons. The molecule has 17 heavy (non-hydrogen) atoms. The topological polar surface area (TPSA) is 41.1 Å². The fraction of sp³-hybridized carbons (Fsp3) is 0.357. The van der Waals surface area contributed by atoms with Gasteiger partial charge in [0.2, 0.25) is 5.91 Å². The number of hydrogen-bond acceptors (Lipinski definition) is 2. The van der Waals surface area contributed by atoms with E-state index in [0.717, 1.165) is 18.5 Å². The average molecular weight is 232 g/mol. The molecular weight excluding hydrogens is 212 g/mol. The molecule has 1 aromatic rings. The minimum absolute atomic E-state index is 0.0258. The lowest BCUT2D eigenvalue weighted by molar-refractivity contribution is -0.122. The van der Waals surface area contributed by atoms with Crippen LogP contribution in [-0.4, -0.2) is 18.5 Å². The van der Waals surface area contributed by atoms with E-state index in [0.29, 0.717) is 6.54 Å². The molecule has 1 amide bonds. The van der Waals surface area contributed by atoms with Gasteiger partial charge in [0, 0.05) is 6.54 Å². The van der Waals surface area contributed by atoms with E-state index in [2.05, 4.69) is 17.2 Å². The molecule has 0 aliphatic heterocycles. The summed E-state index contributed by atoms with van der Waals surface area (Å²) in [6.45, 7) is 6.86. The van der Waals surface area contributed by atoms with Gasteiger partial charge in [-0.25, -0.2) is 0 Å². The molecule has 2 N–H and O–H groups in total. The third-order valence-corrected chi connectivity index (χ3v) is 2.50. The highest BCUT2D eigenvalue weighted by molar-refractivity contribution is 5.81. The Morgan fingerprint density at radius 3 is 2.76 bits per heavy atom. The van der Waals surface area contributed by atoms with Gasteiger partial charge in [-0.05, 0) is 25.5 Å². The third kappa shape index (κ3) is 5.31. The second kappa shape index (κ2) is 7.63. The van der Waals surface area contributed by atoms with Crippen LogP contribution in [0.2, 0.25) is 0 Å². The molecular formula is C14H20N2O. The van der Waals surface area contributed by atoms with Gasteiger partial charge < -0.3 is 10.6 Å². The summed E-state index contributed by atoms with van der Waals surface area (Å²) in [6, 6.07) is 9.72. The fourth-order valence-corrected chi connectivity index (χ4v) is 1.43. The van der Waals surface area contributed by atoms with Gasteiger partial charge in [-0.3, -0.25) is 4.79 Å². The molecule has 0 spiro atoms. The largest absolute Gasteiger partial charge is 0.351 e. The van der Waals surface area contributed by atoms with Crippen molar-refractivity contribution in [3.05, 3.63) is 48.6 Å². The molecule has 0 unspecified atom stereocenters. The summed E-state index contributed by atoms with van der Waals surface area (Å²) >= 11 is 0. The molecule has 0 fully saturated rings. The van der Waals surface area contributed by atoms with Crippen molar-refractivity contribution in [3.8, 4) is 0 Å². The standard InChI is InChI=1S/C14H20N2O/c1-3-4-10-15-12(2)14(17)16-11-13-8-6-5-7-9-13/h3,5-9,12,15H,1,4,10-11H2,2H3,(H,16,17)/t12-/m0/s1. The van der Waals surface area contributed by atoms with Crippen LogP contribution in [0.1, 0.15) is 18.9 Å². The van der Waals surface area contributed by atoms with E-state index >= 15 is 0 Å². The maximum atomic E-state index is 11.7. The number of carbonyl (C=O) groups is 1. The van der Waals surface area contributed by atoms with Gasteiger partial charge in [0.05, 0.1) is 6.04 Å². The Morgan fingerprint density at radius 2 is 2.12 bits per heavy atom. The fourth-order valence-electron chi connectivity index (χ4n) is 1.43. The minimum Gasteiger partial charge on any atom is -0.351 e. The van der Waals surface area contributed by atoms with Gasteiger partial charge in [0.25, 0.3) is 0 Å². The van der Waals surface area contributed by atoms with Crippen molar-refractivity contribution in [1.29, 1.82) is 0 Å². The maximum absolute atomic E-state index is 11.7. The molecule has 1 atom stereocenters. The molecule has 92 valence electrons. The Kier molecular flexibility index (Phi) is 6.04. The van der Waals surface area contributed by atoms with Gasteiger partial charge in [-0.2, -0.15) is 0 Å². The molecule has 0 aliphatic rings. The molecule has 3 nitrogen and oxygen atoms in total. The summed E-state index contributed by atoms with van der Waals surface area (Å²) in [5, 5.41) is 6.03. The second-order valence-corrected chi connectivity index (χ2v) is 3.96. The van der Waals surface area contributed by atoms with Gasteiger partial charge in [0.1, 0.15) is 0 Å². The van der Waals surface area contributed by atoms with Crippen molar-refractivity contribution in [2.75, 3.05) is 6.54 Å². The SMILES string of the molecule is C=CCCN[C@@H](C)C(=O)NCc1ccccc1. The van der Waals surface area contributed by atoms with Crippen LogP contribution < -0.4 is 10.6 Å². The molecule has 0 saturated heterocycles. The van der Waals surface area contributed by atoms with Crippen LogP contribution in [0.5, 0.6) is 0 Å². The monoisotopic (exact) mass is 232 g/mol. The van der Waals surface area contributed by atoms with E-state index in [9.17, 15) is 4.79 Å². The van der Waals surface area contributed by atoms with Crippen molar-refractivity contribution in [2.24, 2.45) is 0 Å². The summed E-state index contributed by atoms with van der Waals surface area (Å²) in [5.74, 6) is 0.0258. The highest BCUT2D eigenvalue weighted by Gasteiger charge is 2.10. The Balaban J connectivity index is 2.26. The van der Waals surface area contributed by atoms with E-state index in [-0.39, 0.29) is 11.9 Å². The highest BCUT2D eigenvalue weighted by atomic mass is 16.2. The number of carbonyl (C=O) groups excluding carboxylic acids is 1. The van der Waals surface area contributed by atoms with Crippen molar-refractivity contribution in [1.82, 2.24) is 10.6 Å². The van der Waals surface area contributed by atoms with Crippen LogP contribution in [0.4, 0.5) is 0 Å². The molecule has 0 saturated carbocycles. The Hall–Kier alpha value is -1.61. The van der Waals surface area contributed by atoms with Crippen molar-refractivity contribution < 1.29 is 4.79 Å². The zero-order valence-electron chi connectivity index (χ0n) is 10.3. The number of rotatable bonds is 7. The second-order valence-electron chi connectivity index (χ2n) is 3.96. The molecule has 0 heterocycles. The zero-order chi connectivity index (χ0) is 12.5. The number of amides is 1. The normalized spacial score (nSPS) is 11.8. The van der Waals surface area contributed by atoms with Crippen molar-refractivity contribution in [2.45, 2.75) is 25.9 Å². The lowest BCUT2D eigenvalue weighted by atomic mass is 10.2. The Morgan fingerprint density at radius 1 is 1.41 bits per heavy atom. The van der Waals surface area contributed by atoms with E-state index < -0.39 is 0 Å². The van der Waals surface area contributed by atoms with Gasteiger partial charge in [-0.15, -0.1) is 6.58 Å². The summed E-state index contributed by atoms with van der Waals surface area (Å²) in [6.07, 6.45) is 2.71. The highest BCUT2D eigenvalue weighted by Crippen LogP contribution is 1.97. The van der Waals surface area contributed by atoms with Gasteiger partial charge >= 0.3 is 0 Å². The Labute approximate surface area is 103 Å². The van der Waals surface area contributed by atoms with E-state index in [1.54, 1.807) is 0 Å². The number of benzene rings is 1. The minimum atomic E-state index is -0.168. The molecule has 0 aliphatic carbocycles. The first kappa shape index (κ1) is 13.5. The third-order valence-electron chi connectivity index (χ3n) is 2.50. The van der Waals surface area contributed by atoms with Crippen LogP contribution in [0, 0.1) is 0 Å². The Bertz CT molecular complexity index is 348. The number of hydrogen-bond donors (Lipinski definition) is 2. The van der Waals surface area contributed by atoms with Crippen LogP contribution in [0.15, 0.2) is 43.0 Å². The van der Waals surface area contributed by atoms with Gasteiger partial charge in [-0.1, -0.05) is 36.4 Å². The summed E-state index contributed by atoms with van der Waals surface area (Å²) in [7, 11) is 0. The van der Waals surface area contributed by atoms with Crippen LogP contribution in [-0.2, 0) is 11.3 Å². The van der Waals surface area contributed by atoms with E-state index in [4.69, 9.17) is 0 Å². The van der Waals surface area contributed by atoms with Crippen molar-refractivity contribution >= 4 is 5.91 Å². The molecule has 1 aromatic carbocycles. The lowest BCUT2D eigenvalue weighted by Gasteiger charge is -2.13. The van der Waals surface area contributed by atoms with Gasteiger partial charge in [0.15, 0.2) is 0 Å². The predicted octanol–water partition coefficient (Wildman–Crippen LogP) is 1.86. The first-order valence-electron chi connectivity index (χ1n) is 5.90. The first-order valence-corrected chi connectivity index (χ1v) is 5.90. The smallest absolute Gasteiger partial charge is 0.237 e. The summed E-state index contributed by atoms with van der Waals surface area (Å²) in [5.41, 5.74) is 1.11. The summed E-state index contributed by atoms with van der Waals surface area (Å²) in [4.78, 5) is 11.7. The maximum Gasteiger partial charge on any atom is 0.237 e. The van der Waals surface area contributed by atoms with E-state index in [1.165, 1.54) is 0 Å². The predicted molar refractivity (Wildman–Crippen MR) is 70.6 cm³/mol. The zero-order valence-corrected chi connectivity index (χ0v) is 10.3. The first-order chi connectivity index (χ1) is 8.24. The van der Waals surface area contributed by atoms with Crippen LogP contribution in [0.25, 0.3) is 0 Å². The quantitative estimate of drug-likeness (QED) is 0.556. The molecule has 0 aromatic heterocycles. The van der Waals surface area contributed by atoms with Crippen LogP contribution >= 0.6 is 0 Å². The molecule has 0 bridgehead atoms. The average Bonchev–Trinajstić information content (AvgIpc) is 2.37. The lowest BCUT2D eigenvalue weighted by Crippen LogP contribution is -2.42.